The lowest BCUT2D eigenvalue weighted by atomic mass is 10.1. The van der Waals surface area contributed by atoms with Crippen LogP contribution in [0.15, 0.2) is 0 Å². The van der Waals surface area contributed by atoms with E-state index in [1.54, 1.807) is 7.05 Å². The third-order valence-corrected chi connectivity index (χ3v) is 2.92. The van der Waals surface area contributed by atoms with Gasteiger partial charge in [0.1, 0.15) is 12.3 Å². The van der Waals surface area contributed by atoms with E-state index < -0.39 is 30.1 Å². The summed E-state index contributed by atoms with van der Waals surface area (Å²) in [4.78, 5) is 43.9. The molecule has 0 aliphatic heterocycles. The molecule has 22 heavy (non-hydrogen) atoms. The van der Waals surface area contributed by atoms with Gasteiger partial charge in [-0.15, -0.1) is 0 Å². The molecule has 9 nitrogen and oxygen atoms in total. The van der Waals surface area contributed by atoms with Crippen molar-refractivity contribution in [3.05, 3.63) is 0 Å². The van der Waals surface area contributed by atoms with Crippen LogP contribution in [-0.2, 0) is 14.4 Å². The molecule has 2 amide bonds. The summed E-state index contributed by atoms with van der Waals surface area (Å²) in [6, 6.07) is -2.82. The van der Waals surface area contributed by atoms with Crippen LogP contribution in [0.4, 0.5) is 4.79 Å². The van der Waals surface area contributed by atoms with E-state index >= 15 is 0 Å². The number of carbonyl (C=O) groups is 4. The molecule has 0 aromatic rings. The average molecular weight is 317 g/mol. The van der Waals surface area contributed by atoms with Crippen molar-refractivity contribution in [3.8, 4) is 0 Å². The minimum Gasteiger partial charge on any atom is -0.481 e. The van der Waals surface area contributed by atoms with Crippen LogP contribution in [0.2, 0.25) is 0 Å². The van der Waals surface area contributed by atoms with Gasteiger partial charge in [0.2, 0.25) is 0 Å². The summed E-state index contributed by atoms with van der Waals surface area (Å²) in [7, 11) is 1.79. The Morgan fingerprint density at radius 3 is 2.27 bits per heavy atom. The lowest BCUT2D eigenvalue weighted by Crippen LogP contribution is -2.49. The second-order valence-corrected chi connectivity index (χ2v) is 4.78. The summed E-state index contributed by atoms with van der Waals surface area (Å²) in [6.07, 6.45) is 1.77. The van der Waals surface area contributed by atoms with Crippen LogP contribution >= 0.6 is 0 Å². The highest BCUT2D eigenvalue weighted by Crippen LogP contribution is 2.01. The number of nitrogens with one attached hydrogen (secondary N) is 3. The highest BCUT2D eigenvalue weighted by molar-refractivity contribution is 5.84. The van der Waals surface area contributed by atoms with Gasteiger partial charge < -0.3 is 31.0 Å². The Morgan fingerprint density at radius 1 is 1.09 bits per heavy atom. The predicted molar refractivity (Wildman–Crippen MR) is 77.6 cm³/mol. The Labute approximate surface area is 128 Å². The first-order valence-corrected chi connectivity index (χ1v) is 7.02. The number of carboxylic acid groups (broad SMARTS) is 2. The number of carbonyl (C=O) groups excluding carboxylic acids is 2. The Hall–Kier alpha value is -2.16. The number of hydrogen-bond donors (Lipinski definition) is 5. The maximum Gasteiger partial charge on any atom is 0.326 e. The summed E-state index contributed by atoms with van der Waals surface area (Å²) >= 11 is 0. The van der Waals surface area contributed by atoms with Gasteiger partial charge in [-0.2, -0.15) is 0 Å². The lowest BCUT2D eigenvalue weighted by Gasteiger charge is -2.17. The summed E-state index contributed by atoms with van der Waals surface area (Å²) in [5.41, 5.74) is 0. The first kappa shape index (κ1) is 19.8. The Morgan fingerprint density at radius 2 is 1.77 bits per heavy atom. The van der Waals surface area contributed by atoms with Crippen molar-refractivity contribution in [2.75, 3.05) is 13.6 Å². The van der Waals surface area contributed by atoms with E-state index in [1.807, 2.05) is 0 Å². The van der Waals surface area contributed by atoms with E-state index in [0.29, 0.717) is 12.7 Å². The standard InChI is InChI=1S/C13H23N3O6/c1-14-7-3-2-4-10(12(20)21)16-13(22)15-9(8-17)5-6-11(18)19/h8-10,14H,2-7H2,1H3,(H,18,19)(H,20,21)(H2,15,16,22)/t9-,10-/m0/s1. The van der Waals surface area contributed by atoms with Crippen LogP contribution in [0.5, 0.6) is 0 Å². The number of unbranched alkanes of at least 4 members (excludes halogenated alkanes) is 1. The van der Waals surface area contributed by atoms with Crippen LogP contribution < -0.4 is 16.0 Å². The van der Waals surface area contributed by atoms with E-state index in [9.17, 15) is 19.2 Å². The molecule has 5 N–H and O–H groups in total. The van der Waals surface area contributed by atoms with E-state index in [1.165, 1.54) is 0 Å². The molecule has 0 aromatic carbocycles. The largest absolute Gasteiger partial charge is 0.481 e. The maximum atomic E-state index is 11.7. The molecule has 0 aliphatic carbocycles. The van der Waals surface area contributed by atoms with Gasteiger partial charge in [-0.05, 0) is 39.3 Å². The number of carboxylic acids is 2. The van der Waals surface area contributed by atoms with E-state index in [2.05, 4.69) is 16.0 Å². The first-order chi connectivity index (χ1) is 10.4. The fourth-order valence-electron chi connectivity index (χ4n) is 1.73. The highest BCUT2D eigenvalue weighted by atomic mass is 16.4. The van der Waals surface area contributed by atoms with Crippen LogP contribution in [0.1, 0.15) is 32.1 Å². The molecule has 0 aliphatic rings. The minimum atomic E-state index is -1.16. The van der Waals surface area contributed by atoms with Gasteiger partial charge in [-0.1, -0.05) is 0 Å². The molecule has 0 aromatic heterocycles. The van der Waals surface area contributed by atoms with Crippen molar-refractivity contribution in [2.24, 2.45) is 0 Å². The molecule has 0 bridgehead atoms. The zero-order valence-corrected chi connectivity index (χ0v) is 12.5. The van der Waals surface area contributed by atoms with Crippen molar-refractivity contribution in [1.82, 2.24) is 16.0 Å². The SMILES string of the molecule is CNCCCC[C@H](NC(=O)N[C@H](C=O)CCC(=O)O)C(=O)O. The molecule has 9 heteroatoms. The van der Waals surface area contributed by atoms with Gasteiger partial charge >= 0.3 is 18.0 Å². The zero-order chi connectivity index (χ0) is 17.0. The van der Waals surface area contributed by atoms with E-state index in [0.717, 1.165) is 13.0 Å². The van der Waals surface area contributed by atoms with Gasteiger partial charge in [-0.3, -0.25) is 4.79 Å². The number of aldehydes is 1. The number of amides is 2. The first-order valence-electron chi connectivity index (χ1n) is 7.02. The third kappa shape index (κ3) is 9.70. The molecule has 0 rings (SSSR count). The fraction of sp³-hybridized carbons (Fsp3) is 0.692. The minimum absolute atomic E-state index is 0.0494. The van der Waals surface area contributed by atoms with Crippen LogP contribution in [0.25, 0.3) is 0 Å². The molecule has 2 atom stereocenters. The molecule has 0 saturated heterocycles. The number of rotatable bonds is 12. The smallest absolute Gasteiger partial charge is 0.326 e. The lowest BCUT2D eigenvalue weighted by molar-refractivity contribution is -0.139. The quantitative estimate of drug-likeness (QED) is 0.242. The topological polar surface area (TPSA) is 145 Å². The zero-order valence-electron chi connectivity index (χ0n) is 12.5. The molecular formula is C13H23N3O6. The normalized spacial score (nSPS) is 13.0. The van der Waals surface area contributed by atoms with Crippen LogP contribution in [-0.4, -0.2) is 60.1 Å². The molecule has 0 radical (unpaired) electrons. The van der Waals surface area contributed by atoms with Crippen molar-refractivity contribution >= 4 is 24.3 Å². The Balaban J connectivity index is 4.27. The van der Waals surface area contributed by atoms with E-state index in [-0.39, 0.29) is 19.3 Å². The summed E-state index contributed by atoms with van der Waals surface area (Å²) in [5, 5.41) is 25.0. The maximum absolute atomic E-state index is 11.7. The van der Waals surface area contributed by atoms with Gasteiger partial charge in [0.05, 0.1) is 6.04 Å². The monoisotopic (exact) mass is 317 g/mol. The Bertz CT molecular complexity index is 388. The fourth-order valence-corrected chi connectivity index (χ4v) is 1.73. The predicted octanol–water partition coefficient (Wildman–Crippen LogP) is -0.439. The van der Waals surface area contributed by atoms with Crippen molar-refractivity contribution in [1.29, 1.82) is 0 Å². The third-order valence-electron chi connectivity index (χ3n) is 2.92. The molecule has 0 spiro atoms. The van der Waals surface area contributed by atoms with Gasteiger partial charge in [0.25, 0.3) is 0 Å². The molecule has 126 valence electrons. The molecule has 0 saturated carbocycles. The van der Waals surface area contributed by atoms with Gasteiger partial charge in [-0.25, -0.2) is 9.59 Å². The highest BCUT2D eigenvalue weighted by Gasteiger charge is 2.21. The van der Waals surface area contributed by atoms with Crippen molar-refractivity contribution in [3.63, 3.8) is 0 Å². The summed E-state index contributed by atoms with van der Waals surface area (Å²) in [5.74, 6) is -2.24. The van der Waals surface area contributed by atoms with Crippen LogP contribution in [0, 0.1) is 0 Å². The molecule has 0 unspecified atom stereocenters. The summed E-state index contributed by atoms with van der Waals surface area (Å²) in [6.45, 7) is 0.751. The number of hydrogen-bond acceptors (Lipinski definition) is 5. The molecule has 0 fully saturated rings. The number of urea groups is 1. The summed E-state index contributed by atoms with van der Waals surface area (Å²) < 4.78 is 0. The molecular weight excluding hydrogens is 294 g/mol. The van der Waals surface area contributed by atoms with Crippen LogP contribution in [0.3, 0.4) is 0 Å². The van der Waals surface area contributed by atoms with Gasteiger partial charge in [0.15, 0.2) is 0 Å². The second-order valence-electron chi connectivity index (χ2n) is 4.78. The van der Waals surface area contributed by atoms with Gasteiger partial charge in [0, 0.05) is 6.42 Å². The molecule has 0 heterocycles. The van der Waals surface area contributed by atoms with E-state index in [4.69, 9.17) is 10.2 Å². The second kappa shape index (κ2) is 11.5. The van der Waals surface area contributed by atoms with Crippen molar-refractivity contribution in [2.45, 2.75) is 44.2 Å². The number of aliphatic carboxylic acids is 2. The Kier molecular flexibility index (Phi) is 10.4. The average Bonchev–Trinajstić information content (AvgIpc) is 2.46. The van der Waals surface area contributed by atoms with Crippen molar-refractivity contribution < 1.29 is 29.4 Å².